The molecule has 1 aromatic heterocycles. The van der Waals surface area contributed by atoms with E-state index in [9.17, 15) is 9.18 Å². The molecular weight excluding hydrogens is 229 g/mol. The zero-order valence-electron chi connectivity index (χ0n) is 10.6. The molecule has 2 nitrogen and oxygen atoms in total. The lowest BCUT2D eigenvalue weighted by atomic mass is 10.2. The first-order chi connectivity index (χ1) is 8.70. The summed E-state index contributed by atoms with van der Waals surface area (Å²) in [5, 5.41) is 0. The van der Waals surface area contributed by atoms with E-state index in [0.717, 1.165) is 5.56 Å². The van der Waals surface area contributed by atoms with Crippen molar-refractivity contribution in [1.82, 2.24) is 4.57 Å². The van der Waals surface area contributed by atoms with Crippen LogP contribution < -0.4 is 5.56 Å². The molecule has 0 unspecified atom stereocenters. The average molecular weight is 245 g/mol. The van der Waals surface area contributed by atoms with Crippen molar-refractivity contribution in [2.45, 2.75) is 13.8 Å². The quantitative estimate of drug-likeness (QED) is 0.791. The first-order valence-corrected chi connectivity index (χ1v) is 5.82. The summed E-state index contributed by atoms with van der Waals surface area (Å²) in [7, 11) is 0. The molecule has 0 aliphatic heterocycles. The second-order valence-electron chi connectivity index (χ2n) is 3.35. The maximum absolute atomic E-state index is 12.7. The zero-order valence-corrected chi connectivity index (χ0v) is 10.6. The zero-order chi connectivity index (χ0) is 13.5. The molecule has 0 amide bonds. The van der Waals surface area contributed by atoms with Crippen molar-refractivity contribution in [2.24, 2.45) is 0 Å². The highest BCUT2D eigenvalue weighted by molar-refractivity contribution is 5.46. The number of hydrogen-bond acceptors (Lipinski definition) is 1. The Morgan fingerprint density at radius 2 is 1.72 bits per heavy atom. The van der Waals surface area contributed by atoms with Gasteiger partial charge in [0, 0.05) is 18.0 Å². The van der Waals surface area contributed by atoms with Crippen molar-refractivity contribution in [3.63, 3.8) is 0 Å². The van der Waals surface area contributed by atoms with Crippen LogP contribution in [-0.2, 0) is 0 Å². The Morgan fingerprint density at radius 3 is 2.28 bits per heavy atom. The molecule has 0 saturated heterocycles. The van der Waals surface area contributed by atoms with E-state index < -0.39 is 0 Å². The summed E-state index contributed by atoms with van der Waals surface area (Å²) in [6.07, 6.45) is 3.32. The molecule has 0 fully saturated rings. The van der Waals surface area contributed by atoms with E-state index in [1.165, 1.54) is 22.8 Å². The molecule has 2 aromatic rings. The van der Waals surface area contributed by atoms with E-state index in [4.69, 9.17) is 0 Å². The van der Waals surface area contributed by atoms with Crippen LogP contribution in [0.2, 0.25) is 0 Å². The Labute approximate surface area is 106 Å². The molecule has 1 aromatic carbocycles. The standard InChI is InChI=1S/C13H10FNO.C2H6/c1-2-10-3-8-13(16)15(9-10)12-6-4-11(14)5-7-12;1-2/h2-9H,1H2;1-2H3. The minimum absolute atomic E-state index is 0.155. The minimum atomic E-state index is -0.323. The van der Waals surface area contributed by atoms with Gasteiger partial charge in [0.1, 0.15) is 5.82 Å². The summed E-state index contributed by atoms with van der Waals surface area (Å²) in [5.41, 5.74) is 1.32. The van der Waals surface area contributed by atoms with Gasteiger partial charge < -0.3 is 0 Å². The topological polar surface area (TPSA) is 22.0 Å². The number of hydrogen-bond donors (Lipinski definition) is 0. The predicted molar refractivity (Wildman–Crippen MR) is 73.4 cm³/mol. The van der Waals surface area contributed by atoms with E-state index in [2.05, 4.69) is 6.58 Å². The molecule has 1 heterocycles. The van der Waals surface area contributed by atoms with Gasteiger partial charge in [0.2, 0.25) is 0 Å². The lowest BCUT2D eigenvalue weighted by molar-refractivity contribution is 0.627. The van der Waals surface area contributed by atoms with Crippen LogP contribution in [-0.4, -0.2) is 4.57 Å². The Kier molecular flexibility index (Phi) is 5.06. The number of benzene rings is 1. The summed E-state index contributed by atoms with van der Waals surface area (Å²) >= 11 is 0. The highest BCUT2D eigenvalue weighted by Gasteiger charge is 2.00. The fraction of sp³-hybridized carbons (Fsp3) is 0.133. The Morgan fingerprint density at radius 1 is 1.11 bits per heavy atom. The van der Waals surface area contributed by atoms with E-state index in [1.54, 1.807) is 30.5 Å². The second kappa shape index (κ2) is 6.55. The van der Waals surface area contributed by atoms with Crippen LogP contribution in [0, 0.1) is 5.82 Å². The summed E-state index contributed by atoms with van der Waals surface area (Å²) in [5.74, 6) is -0.323. The van der Waals surface area contributed by atoms with E-state index in [1.807, 2.05) is 13.8 Å². The number of pyridine rings is 1. The van der Waals surface area contributed by atoms with Gasteiger partial charge in [-0.3, -0.25) is 9.36 Å². The monoisotopic (exact) mass is 245 g/mol. The van der Waals surface area contributed by atoms with Gasteiger partial charge >= 0.3 is 0 Å². The van der Waals surface area contributed by atoms with Crippen molar-refractivity contribution >= 4 is 6.08 Å². The van der Waals surface area contributed by atoms with Crippen molar-refractivity contribution in [1.29, 1.82) is 0 Å². The number of nitrogens with zero attached hydrogens (tertiary/aromatic N) is 1. The molecule has 0 aliphatic carbocycles. The summed E-state index contributed by atoms with van der Waals surface area (Å²) in [6, 6.07) is 8.91. The van der Waals surface area contributed by atoms with Gasteiger partial charge in [0.05, 0.1) is 0 Å². The lowest BCUT2D eigenvalue weighted by Crippen LogP contribution is -2.16. The van der Waals surface area contributed by atoms with Gasteiger partial charge in [-0.05, 0) is 35.9 Å². The summed E-state index contributed by atoms with van der Waals surface area (Å²) in [4.78, 5) is 11.6. The highest BCUT2D eigenvalue weighted by atomic mass is 19.1. The molecule has 0 atom stereocenters. The van der Waals surface area contributed by atoms with Crippen LogP contribution in [0.4, 0.5) is 4.39 Å². The fourth-order valence-electron chi connectivity index (χ4n) is 1.43. The van der Waals surface area contributed by atoms with Gasteiger partial charge in [-0.1, -0.05) is 26.5 Å². The van der Waals surface area contributed by atoms with Crippen LogP contribution in [0.3, 0.4) is 0 Å². The summed E-state index contributed by atoms with van der Waals surface area (Å²) in [6.45, 7) is 7.63. The number of aromatic nitrogens is 1. The average Bonchev–Trinajstić information content (AvgIpc) is 2.43. The maximum Gasteiger partial charge on any atom is 0.255 e. The SMILES string of the molecule is C=Cc1ccc(=O)n(-c2ccc(F)cc2)c1.CC. The van der Waals surface area contributed by atoms with Crippen LogP contribution in [0.5, 0.6) is 0 Å². The second-order valence-corrected chi connectivity index (χ2v) is 3.35. The van der Waals surface area contributed by atoms with Crippen molar-refractivity contribution in [2.75, 3.05) is 0 Å². The Bertz CT molecular complexity index is 570. The van der Waals surface area contributed by atoms with Crippen molar-refractivity contribution in [3.05, 3.63) is 70.9 Å². The summed E-state index contributed by atoms with van der Waals surface area (Å²) < 4.78 is 14.2. The van der Waals surface area contributed by atoms with Gasteiger partial charge in [0.25, 0.3) is 5.56 Å². The first kappa shape index (κ1) is 13.9. The molecule has 0 aliphatic rings. The van der Waals surface area contributed by atoms with E-state index in [-0.39, 0.29) is 11.4 Å². The van der Waals surface area contributed by atoms with Crippen LogP contribution in [0.1, 0.15) is 19.4 Å². The van der Waals surface area contributed by atoms with Crippen LogP contribution >= 0.6 is 0 Å². The van der Waals surface area contributed by atoms with Crippen molar-refractivity contribution < 1.29 is 4.39 Å². The van der Waals surface area contributed by atoms with Gasteiger partial charge in [-0.2, -0.15) is 0 Å². The van der Waals surface area contributed by atoms with Gasteiger partial charge in [0.15, 0.2) is 0 Å². The Hall–Kier alpha value is -2.16. The molecule has 0 saturated carbocycles. The largest absolute Gasteiger partial charge is 0.284 e. The molecule has 0 spiro atoms. The molecule has 0 bridgehead atoms. The third kappa shape index (κ3) is 3.17. The fourth-order valence-corrected chi connectivity index (χ4v) is 1.43. The molecule has 3 heteroatoms. The third-order valence-electron chi connectivity index (χ3n) is 2.27. The predicted octanol–water partition coefficient (Wildman–Crippen LogP) is 3.65. The smallest absolute Gasteiger partial charge is 0.255 e. The molecule has 0 radical (unpaired) electrons. The molecule has 2 rings (SSSR count). The third-order valence-corrected chi connectivity index (χ3v) is 2.27. The minimum Gasteiger partial charge on any atom is -0.284 e. The normalized spacial score (nSPS) is 9.28. The maximum atomic E-state index is 12.7. The van der Waals surface area contributed by atoms with Crippen LogP contribution in [0.15, 0.2) is 54.0 Å². The van der Waals surface area contributed by atoms with E-state index in [0.29, 0.717) is 5.69 Å². The molecule has 18 heavy (non-hydrogen) atoms. The first-order valence-electron chi connectivity index (χ1n) is 5.82. The van der Waals surface area contributed by atoms with E-state index >= 15 is 0 Å². The number of rotatable bonds is 2. The lowest BCUT2D eigenvalue weighted by Gasteiger charge is -2.06. The molecule has 0 N–H and O–H groups in total. The highest BCUT2D eigenvalue weighted by Crippen LogP contribution is 2.08. The number of halogens is 1. The molecular formula is C15H16FNO. The van der Waals surface area contributed by atoms with Gasteiger partial charge in [-0.15, -0.1) is 0 Å². The van der Waals surface area contributed by atoms with Gasteiger partial charge in [-0.25, -0.2) is 4.39 Å². The van der Waals surface area contributed by atoms with Crippen molar-refractivity contribution in [3.8, 4) is 5.69 Å². The Balaban J connectivity index is 0.000000771. The molecule has 94 valence electrons. The van der Waals surface area contributed by atoms with Crippen LogP contribution in [0.25, 0.3) is 11.8 Å².